The van der Waals surface area contributed by atoms with Gasteiger partial charge in [-0.3, -0.25) is 4.79 Å². The molecule has 6 heteroatoms. The molecule has 1 saturated carbocycles. The maximum absolute atomic E-state index is 12.3. The average Bonchev–Trinajstić information content (AvgIpc) is 3.06. The molecule has 3 rings (SSSR count). The van der Waals surface area contributed by atoms with Crippen molar-refractivity contribution >= 4 is 38.3 Å². The standard InChI is InChI=1S/C16H18BrN3OS/c1-9-14(10-2-5-12(17)6-3-10)19-16(22-9)20-15(21)11-4-7-13(18)8-11/h2-3,5-6,11,13H,4,7-8,18H2,1H3,(H,19,20,21). The van der Waals surface area contributed by atoms with Gasteiger partial charge in [-0.25, -0.2) is 4.98 Å². The SMILES string of the molecule is Cc1sc(NC(=O)C2CCC(N)C2)nc1-c1ccc(Br)cc1. The van der Waals surface area contributed by atoms with E-state index in [1.165, 1.54) is 11.3 Å². The average molecular weight is 380 g/mol. The van der Waals surface area contributed by atoms with Crippen LogP contribution in [-0.2, 0) is 4.79 Å². The Hall–Kier alpha value is -1.24. The molecule has 1 aromatic heterocycles. The van der Waals surface area contributed by atoms with Crippen molar-refractivity contribution in [1.82, 2.24) is 4.98 Å². The second-order valence-electron chi connectivity index (χ2n) is 5.69. The number of thiazole rings is 1. The number of aryl methyl sites for hydroxylation is 1. The Morgan fingerprint density at radius 3 is 2.73 bits per heavy atom. The second kappa shape index (κ2) is 6.48. The van der Waals surface area contributed by atoms with Gasteiger partial charge < -0.3 is 11.1 Å². The first-order valence-electron chi connectivity index (χ1n) is 7.32. The van der Waals surface area contributed by atoms with E-state index < -0.39 is 0 Å². The molecule has 2 unspecified atom stereocenters. The number of amides is 1. The summed E-state index contributed by atoms with van der Waals surface area (Å²) in [5.41, 5.74) is 7.86. The lowest BCUT2D eigenvalue weighted by Crippen LogP contribution is -2.23. The van der Waals surface area contributed by atoms with Gasteiger partial charge >= 0.3 is 0 Å². The fourth-order valence-corrected chi connectivity index (χ4v) is 3.89. The first-order valence-corrected chi connectivity index (χ1v) is 8.93. The van der Waals surface area contributed by atoms with E-state index >= 15 is 0 Å². The topological polar surface area (TPSA) is 68.0 Å². The minimum absolute atomic E-state index is 0.0235. The van der Waals surface area contributed by atoms with Gasteiger partial charge in [0, 0.05) is 26.9 Å². The summed E-state index contributed by atoms with van der Waals surface area (Å²) in [4.78, 5) is 17.9. The van der Waals surface area contributed by atoms with Gasteiger partial charge in [0.15, 0.2) is 5.13 Å². The summed E-state index contributed by atoms with van der Waals surface area (Å²) in [5.74, 6) is 0.0689. The Balaban J connectivity index is 1.75. The zero-order valence-corrected chi connectivity index (χ0v) is 14.7. The molecule has 1 aliphatic carbocycles. The smallest absolute Gasteiger partial charge is 0.229 e. The number of rotatable bonds is 3. The molecular formula is C16H18BrN3OS. The van der Waals surface area contributed by atoms with Gasteiger partial charge in [-0.15, -0.1) is 11.3 Å². The molecule has 1 aromatic carbocycles. The Morgan fingerprint density at radius 2 is 2.09 bits per heavy atom. The highest BCUT2D eigenvalue weighted by Gasteiger charge is 2.28. The summed E-state index contributed by atoms with van der Waals surface area (Å²) < 4.78 is 1.04. The number of nitrogens with two attached hydrogens (primary N) is 1. The van der Waals surface area contributed by atoms with Gasteiger partial charge in [-0.2, -0.15) is 0 Å². The van der Waals surface area contributed by atoms with Gasteiger partial charge in [-0.05, 0) is 38.3 Å². The maximum atomic E-state index is 12.3. The molecular weight excluding hydrogens is 362 g/mol. The Morgan fingerprint density at radius 1 is 1.36 bits per heavy atom. The monoisotopic (exact) mass is 379 g/mol. The van der Waals surface area contributed by atoms with Gasteiger partial charge in [0.1, 0.15) is 0 Å². The highest BCUT2D eigenvalue weighted by atomic mass is 79.9. The Labute approximate surface area is 142 Å². The summed E-state index contributed by atoms with van der Waals surface area (Å²) in [7, 11) is 0. The van der Waals surface area contributed by atoms with Crippen molar-refractivity contribution in [2.45, 2.75) is 32.2 Å². The fourth-order valence-electron chi connectivity index (χ4n) is 2.79. The van der Waals surface area contributed by atoms with Crippen LogP contribution in [0.25, 0.3) is 11.3 Å². The lowest BCUT2D eigenvalue weighted by atomic mass is 10.1. The highest BCUT2D eigenvalue weighted by Crippen LogP contribution is 2.32. The minimum atomic E-state index is 0.0235. The summed E-state index contributed by atoms with van der Waals surface area (Å²) in [5, 5.41) is 3.62. The van der Waals surface area contributed by atoms with E-state index in [9.17, 15) is 4.79 Å². The van der Waals surface area contributed by atoms with E-state index in [1.54, 1.807) is 0 Å². The van der Waals surface area contributed by atoms with Gasteiger partial charge in [0.25, 0.3) is 0 Å². The predicted octanol–water partition coefficient (Wildman–Crippen LogP) is 3.95. The number of carbonyl (C=O) groups excluding carboxylic acids is 1. The summed E-state index contributed by atoms with van der Waals surface area (Å²) >= 11 is 4.95. The zero-order chi connectivity index (χ0) is 15.7. The lowest BCUT2D eigenvalue weighted by molar-refractivity contribution is -0.119. The van der Waals surface area contributed by atoms with E-state index in [4.69, 9.17) is 5.73 Å². The van der Waals surface area contributed by atoms with Crippen molar-refractivity contribution in [3.63, 3.8) is 0 Å². The molecule has 0 saturated heterocycles. The number of nitrogens with one attached hydrogen (secondary N) is 1. The summed E-state index contributed by atoms with van der Waals surface area (Å²) in [6.45, 7) is 2.02. The molecule has 1 heterocycles. The van der Waals surface area contributed by atoms with Gasteiger partial charge in [-0.1, -0.05) is 28.1 Å². The van der Waals surface area contributed by atoms with Crippen LogP contribution in [0.3, 0.4) is 0 Å². The van der Waals surface area contributed by atoms with Crippen molar-refractivity contribution < 1.29 is 4.79 Å². The van der Waals surface area contributed by atoms with Crippen LogP contribution >= 0.6 is 27.3 Å². The molecule has 3 N–H and O–H groups in total. The number of carbonyl (C=O) groups is 1. The maximum Gasteiger partial charge on any atom is 0.229 e. The number of aromatic nitrogens is 1. The molecule has 0 spiro atoms. The van der Waals surface area contributed by atoms with E-state index in [0.717, 1.165) is 39.9 Å². The van der Waals surface area contributed by atoms with Crippen molar-refractivity contribution in [3.8, 4) is 11.3 Å². The molecule has 116 valence electrons. The molecule has 4 nitrogen and oxygen atoms in total. The lowest BCUT2D eigenvalue weighted by Gasteiger charge is -2.08. The zero-order valence-electron chi connectivity index (χ0n) is 12.3. The second-order valence-corrected chi connectivity index (χ2v) is 7.81. The van der Waals surface area contributed by atoms with E-state index in [1.807, 2.05) is 31.2 Å². The third kappa shape index (κ3) is 3.39. The fraction of sp³-hybridized carbons (Fsp3) is 0.375. The van der Waals surface area contributed by atoms with Crippen LogP contribution in [0.15, 0.2) is 28.7 Å². The van der Waals surface area contributed by atoms with Gasteiger partial charge in [0.05, 0.1) is 5.69 Å². The van der Waals surface area contributed by atoms with Crippen LogP contribution in [-0.4, -0.2) is 16.9 Å². The van der Waals surface area contributed by atoms with E-state index in [2.05, 4.69) is 26.2 Å². The number of halogens is 1. The molecule has 1 amide bonds. The number of hydrogen-bond donors (Lipinski definition) is 2. The third-order valence-corrected chi connectivity index (χ3v) is 5.40. The highest BCUT2D eigenvalue weighted by molar-refractivity contribution is 9.10. The molecule has 2 aromatic rings. The van der Waals surface area contributed by atoms with Crippen molar-refractivity contribution in [3.05, 3.63) is 33.6 Å². The van der Waals surface area contributed by atoms with Crippen LogP contribution in [0.4, 0.5) is 5.13 Å². The minimum Gasteiger partial charge on any atom is -0.328 e. The van der Waals surface area contributed by atoms with Crippen LogP contribution in [0, 0.1) is 12.8 Å². The number of nitrogens with zero attached hydrogens (tertiary/aromatic N) is 1. The van der Waals surface area contributed by atoms with Crippen LogP contribution in [0.2, 0.25) is 0 Å². The van der Waals surface area contributed by atoms with Crippen molar-refractivity contribution in [2.24, 2.45) is 11.7 Å². The number of hydrogen-bond acceptors (Lipinski definition) is 4. The molecule has 1 fully saturated rings. The first kappa shape index (κ1) is 15.6. The molecule has 2 atom stereocenters. The van der Waals surface area contributed by atoms with Crippen molar-refractivity contribution in [2.75, 3.05) is 5.32 Å². The van der Waals surface area contributed by atoms with E-state index in [-0.39, 0.29) is 17.9 Å². The van der Waals surface area contributed by atoms with Crippen LogP contribution < -0.4 is 11.1 Å². The van der Waals surface area contributed by atoms with Crippen LogP contribution in [0.5, 0.6) is 0 Å². The molecule has 0 radical (unpaired) electrons. The quantitative estimate of drug-likeness (QED) is 0.847. The third-order valence-electron chi connectivity index (χ3n) is 3.99. The van der Waals surface area contributed by atoms with Crippen molar-refractivity contribution in [1.29, 1.82) is 0 Å². The Kier molecular flexibility index (Phi) is 4.61. The number of benzene rings is 1. The molecule has 1 aliphatic rings. The molecule has 0 aliphatic heterocycles. The van der Waals surface area contributed by atoms with E-state index in [0.29, 0.717) is 5.13 Å². The molecule has 22 heavy (non-hydrogen) atoms. The van der Waals surface area contributed by atoms with Gasteiger partial charge in [0.2, 0.25) is 5.91 Å². The summed E-state index contributed by atoms with van der Waals surface area (Å²) in [6.07, 6.45) is 2.58. The molecule has 0 bridgehead atoms. The normalized spacial score (nSPS) is 21.0. The Bertz CT molecular complexity index is 683. The van der Waals surface area contributed by atoms with Crippen LogP contribution in [0.1, 0.15) is 24.1 Å². The number of anilines is 1. The summed E-state index contributed by atoms with van der Waals surface area (Å²) in [6, 6.07) is 8.19. The largest absolute Gasteiger partial charge is 0.328 e. The predicted molar refractivity (Wildman–Crippen MR) is 93.9 cm³/mol. The first-order chi connectivity index (χ1) is 10.5.